The lowest BCUT2D eigenvalue weighted by molar-refractivity contribution is 0.323. The van der Waals surface area contributed by atoms with Crippen LogP contribution >= 0.6 is 0 Å². The summed E-state index contributed by atoms with van der Waals surface area (Å²) in [4.78, 5) is 2.27. The van der Waals surface area contributed by atoms with Crippen LogP contribution in [0.2, 0.25) is 0 Å². The molecule has 0 amide bonds. The highest BCUT2D eigenvalue weighted by Crippen LogP contribution is 1.89. The molecule has 0 aromatic heterocycles. The molecule has 0 fully saturated rings. The number of hydrogen-bond acceptors (Lipinski definition) is 3. The van der Waals surface area contributed by atoms with Gasteiger partial charge in [-0.15, -0.1) is 0 Å². The largest absolute Gasteiger partial charge is 0.330 e. The van der Waals surface area contributed by atoms with E-state index in [4.69, 9.17) is 5.73 Å². The van der Waals surface area contributed by atoms with Crippen LogP contribution in [0.1, 0.15) is 13.8 Å². The summed E-state index contributed by atoms with van der Waals surface area (Å²) in [6.07, 6.45) is 0. The molecule has 0 spiro atoms. The Kier molecular flexibility index (Phi) is 7.75. The standard InChI is InChI=1S/C8H20N2OS/c1-3-10(4-2)6-8-12(11)7-5-9/h3-9H2,1-2H3. The van der Waals surface area contributed by atoms with Crippen molar-refractivity contribution in [2.24, 2.45) is 5.73 Å². The predicted octanol–water partition coefficient (Wildman–Crippen LogP) is 0.0356. The first-order valence-corrected chi connectivity index (χ1v) is 6.00. The molecule has 0 rings (SSSR count). The smallest absolute Gasteiger partial charge is 0.0363 e. The molecule has 0 aliphatic rings. The summed E-state index contributed by atoms with van der Waals surface area (Å²) in [6.45, 7) is 7.78. The van der Waals surface area contributed by atoms with Crippen molar-refractivity contribution < 1.29 is 4.21 Å². The van der Waals surface area contributed by atoms with Gasteiger partial charge in [0.1, 0.15) is 0 Å². The molecule has 3 nitrogen and oxygen atoms in total. The number of nitrogens with two attached hydrogens (primary N) is 1. The topological polar surface area (TPSA) is 46.3 Å². The first kappa shape index (κ1) is 12.1. The second kappa shape index (κ2) is 7.71. The Morgan fingerprint density at radius 1 is 1.25 bits per heavy atom. The zero-order chi connectivity index (χ0) is 9.40. The van der Waals surface area contributed by atoms with E-state index >= 15 is 0 Å². The average Bonchev–Trinajstić information content (AvgIpc) is 2.07. The lowest BCUT2D eigenvalue weighted by Gasteiger charge is -2.16. The molecule has 0 heterocycles. The van der Waals surface area contributed by atoms with Crippen LogP contribution in [0.25, 0.3) is 0 Å². The van der Waals surface area contributed by atoms with E-state index in [1.165, 1.54) is 0 Å². The quantitative estimate of drug-likeness (QED) is 0.619. The van der Waals surface area contributed by atoms with Crippen molar-refractivity contribution in [1.82, 2.24) is 4.90 Å². The van der Waals surface area contributed by atoms with E-state index in [1.807, 2.05) is 0 Å². The summed E-state index contributed by atoms with van der Waals surface area (Å²) in [5.41, 5.74) is 5.29. The third-order valence-electron chi connectivity index (χ3n) is 1.88. The van der Waals surface area contributed by atoms with Gasteiger partial charge in [-0.25, -0.2) is 0 Å². The van der Waals surface area contributed by atoms with E-state index in [1.54, 1.807) is 0 Å². The van der Waals surface area contributed by atoms with E-state index in [2.05, 4.69) is 18.7 Å². The highest BCUT2D eigenvalue weighted by molar-refractivity contribution is 7.85. The zero-order valence-corrected chi connectivity index (χ0v) is 8.90. The summed E-state index contributed by atoms with van der Waals surface area (Å²) in [7, 11) is -0.710. The highest BCUT2D eigenvalue weighted by Gasteiger charge is 2.02. The minimum atomic E-state index is -0.710. The Labute approximate surface area is 77.8 Å². The van der Waals surface area contributed by atoms with Gasteiger partial charge in [0.05, 0.1) is 0 Å². The van der Waals surface area contributed by atoms with Gasteiger partial charge >= 0.3 is 0 Å². The molecule has 0 aromatic rings. The normalized spacial score (nSPS) is 13.7. The van der Waals surface area contributed by atoms with Crippen molar-refractivity contribution in [1.29, 1.82) is 0 Å². The SMILES string of the molecule is CCN(CC)CCS(=O)CCN. The molecule has 0 bridgehead atoms. The third-order valence-corrected chi connectivity index (χ3v) is 3.20. The van der Waals surface area contributed by atoms with Gasteiger partial charge in [0.25, 0.3) is 0 Å². The van der Waals surface area contributed by atoms with Gasteiger partial charge in [-0.3, -0.25) is 4.21 Å². The Morgan fingerprint density at radius 3 is 2.25 bits per heavy atom. The maximum absolute atomic E-state index is 11.2. The molecule has 0 saturated heterocycles. The first-order valence-electron chi connectivity index (χ1n) is 4.52. The zero-order valence-electron chi connectivity index (χ0n) is 8.08. The summed E-state index contributed by atoms with van der Waals surface area (Å²) >= 11 is 0. The third kappa shape index (κ3) is 5.69. The molecule has 0 aromatic carbocycles. The van der Waals surface area contributed by atoms with Crippen molar-refractivity contribution in [3.8, 4) is 0 Å². The minimum Gasteiger partial charge on any atom is -0.330 e. The predicted molar refractivity (Wildman–Crippen MR) is 54.7 cm³/mol. The molecule has 0 radical (unpaired) electrons. The Morgan fingerprint density at radius 2 is 1.83 bits per heavy atom. The van der Waals surface area contributed by atoms with Crippen LogP contribution in [0.3, 0.4) is 0 Å². The van der Waals surface area contributed by atoms with Gasteiger partial charge in [-0.05, 0) is 13.1 Å². The molecule has 0 aliphatic carbocycles. The van der Waals surface area contributed by atoms with E-state index in [0.717, 1.165) is 25.4 Å². The molecule has 0 aliphatic heterocycles. The van der Waals surface area contributed by atoms with Crippen molar-refractivity contribution >= 4 is 10.8 Å². The first-order chi connectivity index (χ1) is 5.74. The summed E-state index contributed by atoms with van der Waals surface area (Å²) < 4.78 is 11.2. The minimum absolute atomic E-state index is 0.533. The van der Waals surface area contributed by atoms with E-state index < -0.39 is 10.8 Å². The van der Waals surface area contributed by atoms with E-state index in [0.29, 0.717) is 12.3 Å². The monoisotopic (exact) mass is 192 g/mol. The Bertz CT molecular complexity index is 126. The number of hydrogen-bond donors (Lipinski definition) is 1. The molecule has 2 N–H and O–H groups in total. The van der Waals surface area contributed by atoms with Crippen molar-refractivity contribution in [2.75, 3.05) is 37.7 Å². The van der Waals surface area contributed by atoms with Crippen molar-refractivity contribution in [2.45, 2.75) is 13.8 Å². The van der Waals surface area contributed by atoms with Crippen LogP contribution in [0.5, 0.6) is 0 Å². The molecule has 4 heteroatoms. The van der Waals surface area contributed by atoms with Crippen LogP contribution in [-0.4, -0.2) is 46.8 Å². The lowest BCUT2D eigenvalue weighted by atomic mass is 10.5. The molecule has 0 saturated carbocycles. The maximum Gasteiger partial charge on any atom is 0.0363 e. The molecule has 74 valence electrons. The Hall–Kier alpha value is 0.0700. The molecular weight excluding hydrogens is 172 g/mol. The fourth-order valence-electron chi connectivity index (χ4n) is 1.00. The lowest BCUT2D eigenvalue weighted by Crippen LogP contribution is -2.28. The van der Waals surface area contributed by atoms with Crippen LogP contribution in [-0.2, 0) is 10.8 Å². The highest BCUT2D eigenvalue weighted by atomic mass is 32.2. The second-order valence-corrected chi connectivity index (χ2v) is 4.36. The van der Waals surface area contributed by atoms with Crippen molar-refractivity contribution in [3.63, 3.8) is 0 Å². The molecule has 1 atom stereocenters. The number of nitrogens with zero attached hydrogens (tertiary/aromatic N) is 1. The van der Waals surface area contributed by atoms with Crippen LogP contribution in [0.15, 0.2) is 0 Å². The van der Waals surface area contributed by atoms with E-state index in [9.17, 15) is 4.21 Å². The van der Waals surface area contributed by atoms with Gasteiger partial charge < -0.3 is 10.6 Å². The van der Waals surface area contributed by atoms with Gasteiger partial charge in [-0.1, -0.05) is 13.8 Å². The molecule has 1 unspecified atom stereocenters. The van der Waals surface area contributed by atoms with Gasteiger partial charge in [0.2, 0.25) is 0 Å². The summed E-state index contributed by atoms with van der Waals surface area (Å²) in [6, 6.07) is 0. The van der Waals surface area contributed by atoms with Crippen LogP contribution in [0.4, 0.5) is 0 Å². The molecular formula is C8H20N2OS. The summed E-state index contributed by atoms with van der Waals surface area (Å²) in [5.74, 6) is 1.40. The van der Waals surface area contributed by atoms with Crippen molar-refractivity contribution in [3.05, 3.63) is 0 Å². The van der Waals surface area contributed by atoms with E-state index in [-0.39, 0.29) is 0 Å². The Balaban J connectivity index is 3.44. The van der Waals surface area contributed by atoms with Gasteiger partial charge in [0, 0.05) is 35.4 Å². The fraction of sp³-hybridized carbons (Fsp3) is 1.00. The maximum atomic E-state index is 11.2. The van der Waals surface area contributed by atoms with Gasteiger partial charge in [0.15, 0.2) is 0 Å². The van der Waals surface area contributed by atoms with Gasteiger partial charge in [-0.2, -0.15) is 0 Å². The fourth-order valence-corrected chi connectivity index (χ4v) is 1.93. The summed E-state index contributed by atoms with van der Waals surface area (Å²) in [5, 5.41) is 0. The van der Waals surface area contributed by atoms with Crippen LogP contribution in [0, 0.1) is 0 Å². The number of rotatable bonds is 7. The molecule has 12 heavy (non-hydrogen) atoms. The van der Waals surface area contributed by atoms with Crippen LogP contribution < -0.4 is 5.73 Å². The second-order valence-electron chi connectivity index (χ2n) is 2.66. The average molecular weight is 192 g/mol.